The zero-order valence-electron chi connectivity index (χ0n) is 18.3. The largest absolute Gasteiger partial charge is 0.486 e. The maximum absolute atomic E-state index is 12.3. The lowest BCUT2D eigenvalue weighted by Crippen LogP contribution is -2.34. The standard InChI is InChI=1S/C24H26ClN3O3S/c1-15(2)17-9-8-16(3)12-21(17)31-13-22-28-20(14-32-22)24(30)27-11-10-26-23(29)18-6-4-5-7-19(18)25/h4-9,12,14-15H,10-11,13H2,1-3H3,(H,26,29)(H,27,30). The van der Waals surface area contributed by atoms with Gasteiger partial charge in [0, 0.05) is 18.5 Å². The van der Waals surface area contributed by atoms with Crippen LogP contribution < -0.4 is 15.4 Å². The van der Waals surface area contributed by atoms with Crippen LogP contribution in [0.15, 0.2) is 47.8 Å². The molecule has 6 nitrogen and oxygen atoms in total. The Morgan fingerprint density at radius 1 is 1.09 bits per heavy atom. The summed E-state index contributed by atoms with van der Waals surface area (Å²) in [5, 5.41) is 8.30. The van der Waals surface area contributed by atoms with Gasteiger partial charge in [-0.25, -0.2) is 4.98 Å². The number of aryl methyl sites for hydroxylation is 1. The van der Waals surface area contributed by atoms with Gasteiger partial charge in [0.1, 0.15) is 23.1 Å². The number of ether oxygens (including phenoxy) is 1. The molecule has 8 heteroatoms. The minimum absolute atomic E-state index is 0.277. The number of carbonyl (C=O) groups is 2. The highest BCUT2D eigenvalue weighted by molar-refractivity contribution is 7.09. The van der Waals surface area contributed by atoms with Crippen LogP contribution in [0.4, 0.5) is 0 Å². The maximum atomic E-state index is 12.3. The fourth-order valence-electron chi connectivity index (χ4n) is 3.05. The lowest BCUT2D eigenvalue weighted by atomic mass is 10.0. The second kappa shape index (κ2) is 11.1. The third kappa shape index (κ3) is 6.31. The molecule has 2 aromatic carbocycles. The molecule has 0 bridgehead atoms. The van der Waals surface area contributed by atoms with Crippen molar-refractivity contribution in [2.24, 2.45) is 0 Å². The molecule has 3 rings (SSSR count). The Morgan fingerprint density at radius 2 is 1.81 bits per heavy atom. The zero-order chi connectivity index (χ0) is 23.1. The molecular weight excluding hydrogens is 446 g/mol. The molecule has 1 aromatic heterocycles. The first-order valence-electron chi connectivity index (χ1n) is 10.3. The lowest BCUT2D eigenvalue weighted by Gasteiger charge is -2.14. The van der Waals surface area contributed by atoms with E-state index in [0.717, 1.165) is 21.9 Å². The molecule has 0 aliphatic heterocycles. The first-order valence-corrected chi connectivity index (χ1v) is 11.6. The van der Waals surface area contributed by atoms with Crippen molar-refractivity contribution in [3.8, 4) is 5.75 Å². The Morgan fingerprint density at radius 3 is 2.53 bits per heavy atom. The highest BCUT2D eigenvalue weighted by atomic mass is 35.5. The predicted molar refractivity (Wildman–Crippen MR) is 128 cm³/mol. The summed E-state index contributed by atoms with van der Waals surface area (Å²) in [6.07, 6.45) is 0. The Hall–Kier alpha value is -2.90. The molecule has 0 aliphatic rings. The van der Waals surface area contributed by atoms with Crippen LogP contribution in [0.25, 0.3) is 0 Å². The van der Waals surface area contributed by atoms with Gasteiger partial charge in [0.05, 0.1) is 10.6 Å². The van der Waals surface area contributed by atoms with Crippen LogP contribution >= 0.6 is 22.9 Å². The van der Waals surface area contributed by atoms with Crippen molar-refractivity contribution < 1.29 is 14.3 Å². The molecule has 0 saturated heterocycles. The fourth-order valence-corrected chi connectivity index (χ4v) is 3.95. The van der Waals surface area contributed by atoms with Crippen molar-refractivity contribution in [1.82, 2.24) is 15.6 Å². The SMILES string of the molecule is Cc1ccc(C(C)C)c(OCc2nc(C(=O)NCCNC(=O)c3ccccc3Cl)cs2)c1. The van der Waals surface area contributed by atoms with Crippen molar-refractivity contribution in [2.45, 2.75) is 33.3 Å². The van der Waals surface area contributed by atoms with E-state index in [-0.39, 0.29) is 24.9 Å². The summed E-state index contributed by atoms with van der Waals surface area (Å²) >= 11 is 7.39. The molecular formula is C24H26ClN3O3S. The number of amides is 2. The van der Waals surface area contributed by atoms with Crippen molar-refractivity contribution in [3.63, 3.8) is 0 Å². The Balaban J connectivity index is 1.47. The minimum atomic E-state index is -0.294. The Bertz CT molecular complexity index is 1100. The summed E-state index contributed by atoms with van der Waals surface area (Å²) in [4.78, 5) is 28.8. The molecule has 0 unspecified atom stereocenters. The minimum Gasteiger partial charge on any atom is -0.486 e. The third-order valence-corrected chi connectivity index (χ3v) is 5.89. The van der Waals surface area contributed by atoms with Gasteiger partial charge < -0.3 is 15.4 Å². The molecule has 2 N–H and O–H groups in total. The fraction of sp³-hybridized carbons (Fsp3) is 0.292. The summed E-state index contributed by atoms with van der Waals surface area (Å²) in [6.45, 7) is 7.13. The van der Waals surface area contributed by atoms with Gasteiger partial charge in [0.25, 0.3) is 11.8 Å². The molecule has 2 amide bonds. The molecule has 0 saturated carbocycles. The van der Waals surface area contributed by atoms with Crippen LogP contribution in [0.1, 0.15) is 56.7 Å². The Labute approximate surface area is 197 Å². The van der Waals surface area contributed by atoms with Gasteiger partial charge in [-0.2, -0.15) is 0 Å². The molecule has 0 aliphatic carbocycles. The van der Waals surface area contributed by atoms with Crippen LogP contribution in [0, 0.1) is 6.92 Å². The number of halogens is 1. The van der Waals surface area contributed by atoms with Gasteiger partial charge in [-0.1, -0.05) is 49.7 Å². The van der Waals surface area contributed by atoms with Crippen molar-refractivity contribution in [1.29, 1.82) is 0 Å². The number of hydrogen-bond acceptors (Lipinski definition) is 5. The number of hydrogen-bond donors (Lipinski definition) is 2. The molecule has 1 heterocycles. The molecule has 0 radical (unpaired) electrons. The molecule has 168 valence electrons. The number of aromatic nitrogens is 1. The van der Waals surface area contributed by atoms with E-state index in [1.54, 1.807) is 29.6 Å². The summed E-state index contributed by atoms with van der Waals surface area (Å²) in [5.74, 6) is 0.616. The normalized spacial score (nSPS) is 10.8. The Kier molecular flexibility index (Phi) is 8.25. The van der Waals surface area contributed by atoms with E-state index in [9.17, 15) is 9.59 Å². The number of nitrogens with zero attached hydrogens (tertiary/aromatic N) is 1. The topological polar surface area (TPSA) is 80.3 Å². The van der Waals surface area contributed by atoms with Crippen LogP contribution in [0.3, 0.4) is 0 Å². The molecule has 0 spiro atoms. The van der Waals surface area contributed by atoms with Gasteiger partial charge in [-0.15, -0.1) is 11.3 Å². The van der Waals surface area contributed by atoms with Crippen molar-refractivity contribution >= 4 is 34.8 Å². The third-order valence-electron chi connectivity index (χ3n) is 4.74. The summed E-state index contributed by atoms with van der Waals surface area (Å²) in [5.41, 5.74) is 3.01. The number of thiazole rings is 1. The van der Waals surface area contributed by atoms with Gasteiger partial charge >= 0.3 is 0 Å². The van der Waals surface area contributed by atoms with E-state index in [0.29, 0.717) is 28.8 Å². The van der Waals surface area contributed by atoms with Crippen LogP contribution in [0.5, 0.6) is 5.75 Å². The highest BCUT2D eigenvalue weighted by Crippen LogP contribution is 2.28. The van der Waals surface area contributed by atoms with E-state index < -0.39 is 0 Å². The van der Waals surface area contributed by atoms with Crippen LogP contribution in [-0.2, 0) is 6.61 Å². The predicted octanol–water partition coefficient (Wildman–Crippen LogP) is 4.97. The van der Waals surface area contributed by atoms with Crippen molar-refractivity contribution in [2.75, 3.05) is 13.1 Å². The average Bonchev–Trinajstić information content (AvgIpc) is 3.24. The molecule has 0 fully saturated rings. The van der Waals surface area contributed by atoms with Gasteiger partial charge in [-0.05, 0) is 42.2 Å². The number of rotatable bonds is 9. The second-order valence-corrected chi connectivity index (χ2v) is 8.95. The number of carbonyl (C=O) groups excluding carboxylic acids is 2. The summed E-state index contributed by atoms with van der Waals surface area (Å²) in [7, 11) is 0. The van der Waals surface area contributed by atoms with E-state index in [1.807, 2.05) is 13.0 Å². The monoisotopic (exact) mass is 471 g/mol. The zero-order valence-corrected chi connectivity index (χ0v) is 19.8. The maximum Gasteiger partial charge on any atom is 0.270 e. The summed E-state index contributed by atoms with van der Waals surface area (Å²) < 4.78 is 5.99. The molecule has 0 atom stereocenters. The van der Waals surface area contributed by atoms with Gasteiger partial charge in [0.15, 0.2) is 0 Å². The smallest absolute Gasteiger partial charge is 0.270 e. The first-order chi connectivity index (χ1) is 15.3. The van der Waals surface area contributed by atoms with Gasteiger partial charge in [0.2, 0.25) is 0 Å². The number of benzene rings is 2. The molecule has 32 heavy (non-hydrogen) atoms. The molecule has 3 aromatic rings. The number of nitrogens with one attached hydrogen (secondary N) is 2. The van der Waals surface area contributed by atoms with Crippen LogP contribution in [0.2, 0.25) is 5.02 Å². The van der Waals surface area contributed by atoms with Crippen molar-refractivity contribution in [3.05, 3.63) is 80.3 Å². The summed E-state index contributed by atoms with van der Waals surface area (Å²) in [6, 6.07) is 13.0. The van der Waals surface area contributed by atoms with E-state index >= 15 is 0 Å². The van der Waals surface area contributed by atoms with Gasteiger partial charge in [-0.3, -0.25) is 9.59 Å². The highest BCUT2D eigenvalue weighted by Gasteiger charge is 2.13. The van der Waals surface area contributed by atoms with E-state index in [4.69, 9.17) is 16.3 Å². The lowest BCUT2D eigenvalue weighted by molar-refractivity contribution is 0.0925. The van der Waals surface area contributed by atoms with E-state index in [1.165, 1.54) is 11.3 Å². The first kappa shape index (κ1) is 23.8. The van der Waals surface area contributed by atoms with Crippen LogP contribution in [-0.4, -0.2) is 29.9 Å². The quantitative estimate of drug-likeness (QED) is 0.432. The average molecular weight is 472 g/mol. The van der Waals surface area contributed by atoms with E-state index in [2.05, 4.69) is 41.6 Å². The second-order valence-electron chi connectivity index (χ2n) is 7.60.